The lowest BCUT2D eigenvalue weighted by Gasteiger charge is -2.31. The molecule has 4 nitrogen and oxygen atoms in total. The molecule has 2 unspecified atom stereocenters. The summed E-state index contributed by atoms with van der Waals surface area (Å²) in [7, 11) is 0. The number of unbranched alkanes of at least 4 members (excludes halogenated alkanes) is 1. The van der Waals surface area contributed by atoms with Crippen LogP contribution in [0.4, 0.5) is 0 Å². The van der Waals surface area contributed by atoms with Crippen LogP contribution in [0.3, 0.4) is 0 Å². The van der Waals surface area contributed by atoms with E-state index in [0.29, 0.717) is 25.3 Å². The van der Waals surface area contributed by atoms with E-state index >= 15 is 0 Å². The van der Waals surface area contributed by atoms with Crippen LogP contribution in [-0.4, -0.2) is 29.3 Å². The summed E-state index contributed by atoms with van der Waals surface area (Å²) < 4.78 is 0. The van der Waals surface area contributed by atoms with Gasteiger partial charge in [-0.1, -0.05) is 33.1 Å². The summed E-state index contributed by atoms with van der Waals surface area (Å²) in [5.74, 6) is 0.191. The lowest BCUT2D eigenvalue weighted by atomic mass is 9.96. The highest BCUT2D eigenvalue weighted by molar-refractivity contribution is 6.00. The molecule has 0 radical (unpaired) electrons. The van der Waals surface area contributed by atoms with Gasteiger partial charge in [-0.15, -0.1) is 0 Å². The Morgan fingerprint density at radius 2 is 2.12 bits per heavy atom. The molecule has 1 saturated heterocycles. The predicted molar refractivity (Wildman–Crippen MR) is 67.2 cm³/mol. The minimum Gasteiger partial charge on any atom is -0.320 e. The zero-order valence-corrected chi connectivity index (χ0v) is 10.9. The van der Waals surface area contributed by atoms with Gasteiger partial charge >= 0.3 is 0 Å². The van der Waals surface area contributed by atoms with Gasteiger partial charge in [0.25, 0.3) is 0 Å². The smallest absolute Gasteiger partial charge is 0.246 e. The summed E-state index contributed by atoms with van der Waals surface area (Å²) in [6.45, 7) is 4.82. The minimum absolute atomic E-state index is 0.0494. The second-order valence-electron chi connectivity index (χ2n) is 4.90. The Labute approximate surface area is 104 Å². The first kappa shape index (κ1) is 14.2. The van der Waals surface area contributed by atoms with E-state index < -0.39 is 6.04 Å². The van der Waals surface area contributed by atoms with E-state index in [2.05, 4.69) is 13.8 Å². The maximum absolute atomic E-state index is 11.8. The molecular formula is C13H24N2O2. The zero-order valence-electron chi connectivity index (χ0n) is 10.9. The summed E-state index contributed by atoms with van der Waals surface area (Å²) in [6.07, 6.45) is 5.31. The Morgan fingerprint density at radius 1 is 1.41 bits per heavy atom. The van der Waals surface area contributed by atoms with Crippen LogP contribution in [0.2, 0.25) is 0 Å². The van der Waals surface area contributed by atoms with Crippen molar-refractivity contribution in [3.63, 3.8) is 0 Å². The van der Waals surface area contributed by atoms with E-state index in [1.54, 1.807) is 0 Å². The van der Waals surface area contributed by atoms with E-state index in [4.69, 9.17) is 5.73 Å². The standard InChI is InChI=1S/C13H24N2O2/c1-3-5-6-10(4-2)9-15-12(16)8-7-11(14)13(15)17/h10-11H,3-9,14H2,1-2H3. The highest BCUT2D eigenvalue weighted by atomic mass is 16.2. The van der Waals surface area contributed by atoms with E-state index in [1.165, 1.54) is 4.90 Å². The van der Waals surface area contributed by atoms with Crippen LogP contribution in [0.5, 0.6) is 0 Å². The number of piperidine rings is 1. The molecule has 4 heteroatoms. The number of nitrogens with two attached hydrogens (primary N) is 1. The van der Waals surface area contributed by atoms with Crippen LogP contribution in [0.25, 0.3) is 0 Å². The fraction of sp³-hybridized carbons (Fsp3) is 0.846. The van der Waals surface area contributed by atoms with Gasteiger partial charge in [0.1, 0.15) is 0 Å². The van der Waals surface area contributed by atoms with Crippen LogP contribution in [0.15, 0.2) is 0 Å². The van der Waals surface area contributed by atoms with Gasteiger partial charge in [0.15, 0.2) is 0 Å². The first-order valence-corrected chi connectivity index (χ1v) is 6.69. The Morgan fingerprint density at radius 3 is 2.71 bits per heavy atom. The number of likely N-dealkylation sites (tertiary alicyclic amines) is 1. The average molecular weight is 240 g/mol. The lowest BCUT2D eigenvalue weighted by molar-refractivity contribution is -0.150. The number of imide groups is 1. The number of nitrogens with zero attached hydrogens (tertiary/aromatic N) is 1. The minimum atomic E-state index is -0.476. The van der Waals surface area contributed by atoms with Crippen molar-refractivity contribution < 1.29 is 9.59 Å². The van der Waals surface area contributed by atoms with Gasteiger partial charge in [0.2, 0.25) is 11.8 Å². The predicted octanol–water partition coefficient (Wildman–Crippen LogP) is 1.68. The fourth-order valence-corrected chi connectivity index (χ4v) is 2.23. The lowest BCUT2D eigenvalue weighted by Crippen LogP contribution is -2.52. The third-order valence-corrected chi connectivity index (χ3v) is 3.54. The van der Waals surface area contributed by atoms with Gasteiger partial charge in [0.05, 0.1) is 6.04 Å². The van der Waals surface area contributed by atoms with Gasteiger partial charge in [0, 0.05) is 13.0 Å². The maximum Gasteiger partial charge on any atom is 0.246 e. The van der Waals surface area contributed by atoms with Crippen LogP contribution >= 0.6 is 0 Å². The molecule has 0 aromatic heterocycles. The largest absolute Gasteiger partial charge is 0.320 e. The number of amides is 2. The van der Waals surface area contributed by atoms with E-state index in [0.717, 1.165) is 25.7 Å². The van der Waals surface area contributed by atoms with Gasteiger partial charge in [-0.3, -0.25) is 14.5 Å². The molecule has 1 rings (SSSR count). The highest BCUT2D eigenvalue weighted by Crippen LogP contribution is 2.18. The van der Waals surface area contributed by atoms with E-state index in [9.17, 15) is 9.59 Å². The third kappa shape index (κ3) is 3.80. The van der Waals surface area contributed by atoms with Gasteiger partial charge in [-0.2, -0.15) is 0 Å². The molecule has 1 heterocycles. The Hall–Kier alpha value is -0.900. The van der Waals surface area contributed by atoms with Crippen LogP contribution in [0, 0.1) is 5.92 Å². The second-order valence-corrected chi connectivity index (χ2v) is 4.90. The first-order chi connectivity index (χ1) is 8.10. The van der Waals surface area contributed by atoms with Crippen molar-refractivity contribution in [1.29, 1.82) is 0 Å². The monoisotopic (exact) mass is 240 g/mol. The molecular weight excluding hydrogens is 216 g/mol. The normalized spacial score (nSPS) is 23.0. The molecule has 2 amide bonds. The molecule has 0 aromatic rings. The molecule has 1 aliphatic heterocycles. The summed E-state index contributed by atoms with van der Waals surface area (Å²) in [5, 5.41) is 0. The maximum atomic E-state index is 11.8. The molecule has 98 valence electrons. The number of hydrogen-bond donors (Lipinski definition) is 1. The molecule has 2 N–H and O–H groups in total. The summed E-state index contributed by atoms with van der Waals surface area (Å²) in [5.41, 5.74) is 5.70. The zero-order chi connectivity index (χ0) is 12.8. The van der Waals surface area contributed by atoms with Crippen molar-refractivity contribution >= 4 is 11.8 Å². The van der Waals surface area contributed by atoms with E-state index in [1.807, 2.05) is 0 Å². The molecule has 0 saturated carbocycles. The van der Waals surface area contributed by atoms with Crippen molar-refractivity contribution in [2.24, 2.45) is 11.7 Å². The molecule has 2 atom stereocenters. The van der Waals surface area contributed by atoms with Crippen molar-refractivity contribution in [2.75, 3.05) is 6.54 Å². The van der Waals surface area contributed by atoms with E-state index in [-0.39, 0.29) is 11.8 Å². The van der Waals surface area contributed by atoms with Crippen LogP contribution in [0.1, 0.15) is 52.4 Å². The molecule has 0 aliphatic carbocycles. The van der Waals surface area contributed by atoms with Crippen LogP contribution in [-0.2, 0) is 9.59 Å². The fourth-order valence-electron chi connectivity index (χ4n) is 2.23. The summed E-state index contributed by atoms with van der Waals surface area (Å²) >= 11 is 0. The Bertz CT molecular complexity index is 279. The molecule has 1 fully saturated rings. The molecule has 0 aromatic carbocycles. The molecule has 0 bridgehead atoms. The summed E-state index contributed by atoms with van der Waals surface area (Å²) in [6, 6.07) is -0.476. The Kier molecular flexibility index (Phi) is 5.62. The van der Waals surface area contributed by atoms with Crippen molar-refractivity contribution in [3.8, 4) is 0 Å². The quantitative estimate of drug-likeness (QED) is 0.718. The SMILES string of the molecule is CCCCC(CC)CN1C(=O)CCC(N)C1=O. The number of hydrogen-bond acceptors (Lipinski definition) is 3. The number of carbonyl (C=O) groups excluding carboxylic acids is 2. The Balaban J connectivity index is 2.56. The average Bonchev–Trinajstić information content (AvgIpc) is 2.33. The second kappa shape index (κ2) is 6.74. The third-order valence-electron chi connectivity index (χ3n) is 3.54. The van der Waals surface area contributed by atoms with Crippen molar-refractivity contribution in [3.05, 3.63) is 0 Å². The number of rotatable bonds is 6. The molecule has 1 aliphatic rings. The summed E-state index contributed by atoms with van der Waals surface area (Å²) in [4.78, 5) is 25.0. The van der Waals surface area contributed by atoms with Crippen molar-refractivity contribution in [1.82, 2.24) is 4.90 Å². The van der Waals surface area contributed by atoms with Gasteiger partial charge in [-0.25, -0.2) is 0 Å². The molecule has 17 heavy (non-hydrogen) atoms. The van der Waals surface area contributed by atoms with Crippen molar-refractivity contribution in [2.45, 2.75) is 58.4 Å². The van der Waals surface area contributed by atoms with Crippen LogP contribution < -0.4 is 5.73 Å². The van der Waals surface area contributed by atoms with Gasteiger partial charge in [-0.05, 0) is 18.8 Å². The first-order valence-electron chi connectivity index (χ1n) is 6.69. The highest BCUT2D eigenvalue weighted by Gasteiger charge is 2.32. The number of carbonyl (C=O) groups is 2. The molecule has 0 spiro atoms. The topological polar surface area (TPSA) is 63.4 Å². The van der Waals surface area contributed by atoms with Gasteiger partial charge < -0.3 is 5.73 Å².